The van der Waals surface area contributed by atoms with Crippen LogP contribution in [0.3, 0.4) is 0 Å². The summed E-state index contributed by atoms with van der Waals surface area (Å²) in [6.45, 7) is 2.24. The highest BCUT2D eigenvalue weighted by Crippen LogP contribution is 2.33. The molecule has 0 aliphatic rings. The number of carbonyl (C=O) groups excluding carboxylic acids is 1. The van der Waals surface area contributed by atoms with Gasteiger partial charge in [-0.3, -0.25) is 4.79 Å². The third-order valence-electron chi connectivity index (χ3n) is 3.80. The number of ether oxygens (including phenoxy) is 1. The van der Waals surface area contributed by atoms with Crippen LogP contribution in [0.15, 0.2) is 42.2 Å². The Balaban J connectivity index is 1.82. The van der Waals surface area contributed by atoms with Crippen molar-refractivity contribution in [3.05, 3.63) is 52.2 Å². The highest BCUT2D eigenvalue weighted by molar-refractivity contribution is 7.14. The number of carbonyl (C=O) groups is 1. The molecule has 2 aromatic heterocycles. The zero-order valence-corrected chi connectivity index (χ0v) is 16.6. The summed E-state index contributed by atoms with van der Waals surface area (Å²) in [4.78, 5) is 18.2. The van der Waals surface area contributed by atoms with Crippen LogP contribution < -0.4 is 4.90 Å². The number of thiophene rings is 1. The molecular weight excluding hydrogens is 393 g/mol. The number of nitrogens with zero attached hydrogens (tertiary/aromatic N) is 3. The normalized spacial score (nSPS) is 10.8. The zero-order chi connectivity index (χ0) is 18.7. The van der Waals surface area contributed by atoms with Crippen molar-refractivity contribution < 1.29 is 9.53 Å². The van der Waals surface area contributed by atoms with Gasteiger partial charge in [0.15, 0.2) is 0 Å². The Hall–Kier alpha value is -2.02. The van der Waals surface area contributed by atoms with Gasteiger partial charge in [-0.25, -0.2) is 4.98 Å². The monoisotopic (exact) mass is 409 g/mol. The molecule has 3 aromatic rings. The van der Waals surface area contributed by atoms with Gasteiger partial charge in [0.2, 0.25) is 0 Å². The summed E-state index contributed by atoms with van der Waals surface area (Å²) in [5, 5.41) is 3.26. The number of likely N-dealkylation sites (N-methyl/N-ethyl adjacent to an activating group) is 1. The van der Waals surface area contributed by atoms with E-state index in [4.69, 9.17) is 27.9 Å². The molecule has 0 aliphatic heterocycles. The van der Waals surface area contributed by atoms with Crippen molar-refractivity contribution in [2.45, 2.75) is 6.92 Å². The lowest BCUT2D eigenvalue weighted by molar-refractivity contribution is -0.140. The Morgan fingerprint density at radius 3 is 2.81 bits per heavy atom. The molecule has 0 saturated heterocycles. The van der Waals surface area contributed by atoms with E-state index in [1.807, 2.05) is 52.4 Å². The van der Waals surface area contributed by atoms with Crippen LogP contribution in [0.25, 0.3) is 16.3 Å². The quantitative estimate of drug-likeness (QED) is 0.542. The molecule has 0 atom stereocenters. The minimum absolute atomic E-state index is 0.295. The van der Waals surface area contributed by atoms with Gasteiger partial charge in [0, 0.05) is 25.9 Å². The van der Waals surface area contributed by atoms with E-state index in [-0.39, 0.29) is 5.97 Å². The summed E-state index contributed by atoms with van der Waals surface area (Å²) >= 11 is 14.1. The lowest BCUT2D eigenvalue weighted by Crippen LogP contribution is -2.23. The Labute approximate surface area is 165 Å². The number of hydrogen-bond donors (Lipinski definition) is 0. The Morgan fingerprint density at radius 1 is 1.31 bits per heavy atom. The van der Waals surface area contributed by atoms with Gasteiger partial charge >= 0.3 is 5.97 Å². The minimum Gasteiger partial charge on any atom is -0.464 e. The maximum atomic E-state index is 10.9. The second-order valence-electron chi connectivity index (χ2n) is 5.66. The van der Waals surface area contributed by atoms with E-state index < -0.39 is 0 Å². The molecule has 8 heteroatoms. The van der Waals surface area contributed by atoms with Gasteiger partial charge in [-0.05, 0) is 29.6 Å². The molecule has 1 aromatic carbocycles. The van der Waals surface area contributed by atoms with E-state index in [0.717, 1.165) is 21.9 Å². The number of rotatable bonds is 6. The summed E-state index contributed by atoms with van der Waals surface area (Å²) in [7, 11) is 1.90. The van der Waals surface area contributed by atoms with E-state index in [0.29, 0.717) is 23.2 Å². The molecule has 0 amide bonds. The van der Waals surface area contributed by atoms with Crippen LogP contribution >= 0.6 is 34.5 Å². The number of imidazole rings is 1. The van der Waals surface area contributed by atoms with Crippen LogP contribution in [-0.2, 0) is 9.53 Å². The average Bonchev–Trinajstić information content (AvgIpc) is 3.23. The van der Waals surface area contributed by atoms with Gasteiger partial charge in [-0.1, -0.05) is 23.2 Å². The lowest BCUT2D eigenvalue weighted by atomic mass is 10.2. The number of anilines is 1. The SMILES string of the molecule is CC(=O)OCCN(C)c1cc(-n2cnc(-c3sccc3Cl)c2)ccc1Cl. The Morgan fingerprint density at radius 2 is 2.12 bits per heavy atom. The van der Waals surface area contributed by atoms with Crippen LogP contribution in [0.2, 0.25) is 10.0 Å². The zero-order valence-electron chi connectivity index (χ0n) is 14.3. The van der Waals surface area contributed by atoms with Gasteiger partial charge in [-0.2, -0.15) is 0 Å². The molecule has 0 unspecified atom stereocenters. The number of benzene rings is 1. The minimum atomic E-state index is -0.295. The molecule has 5 nitrogen and oxygen atoms in total. The van der Waals surface area contributed by atoms with Gasteiger partial charge < -0.3 is 14.2 Å². The molecule has 136 valence electrons. The maximum absolute atomic E-state index is 10.9. The number of halogens is 2. The first kappa shape index (κ1) is 18.8. The fraction of sp³-hybridized carbons (Fsp3) is 0.222. The van der Waals surface area contributed by atoms with E-state index in [9.17, 15) is 4.79 Å². The Kier molecular flexibility index (Phi) is 5.86. The van der Waals surface area contributed by atoms with Gasteiger partial charge in [0.25, 0.3) is 0 Å². The van der Waals surface area contributed by atoms with Crippen molar-refractivity contribution in [1.82, 2.24) is 9.55 Å². The van der Waals surface area contributed by atoms with Crippen molar-refractivity contribution in [2.75, 3.05) is 25.1 Å². The van der Waals surface area contributed by atoms with Gasteiger partial charge in [0.05, 0.1) is 33.5 Å². The van der Waals surface area contributed by atoms with Crippen molar-refractivity contribution in [3.63, 3.8) is 0 Å². The number of hydrogen-bond acceptors (Lipinski definition) is 5. The van der Waals surface area contributed by atoms with Crippen molar-refractivity contribution in [1.29, 1.82) is 0 Å². The van der Waals surface area contributed by atoms with Crippen molar-refractivity contribution in [2.24, 2.45) is 0 Å². The first-order valence-electron chi connectivity index (χ1n) is 7.87. The van der Waals surface area contributed by atoms with Crippen LogP contribution in [0.1, 0.15) is 6.92 Å². The molecule has 0 bridgehead atoms. The molecule has 26 heavy (non-hydrogen) atoms. The highest BCUT2D eigenvalue weighted by Gasteiger charge is 2.12. The number of esters is 1. The lowest BCUT2D eigenvalue weighted by Gasteiger charge is -2.21. The molecule has 2 heterocycles. The predicted octanol–water partition coefficient (Wildman–Crippen LogP) is 4.91. The van der Waals surface area contributed by atoms with Crippen LogP contribution in [-0.4, -0.2) is 35.7 Å². The number of aromatic nitrogens is 2. The summed E-state index contributed by atoms with van der Waals surface area (Å²) in [5.74, 6) is -0.295. The molecule has 0 saturated carbocycles. The third kappa shape index (κ3) is 4.20. The summed E-state index contributed by atoms with van der Waals surface area (Å²) in [5.41, 5.74) is 2.60. The average molecular weight is 410 g/mol. The molecule has 3 rings (SSSR count). The molecule has 0 radical (unpaired) electrons. The second-order valence-corrected chi connectivity index (χ2v) is 7.39. The van der Waals surface area contributed by atoms with Gasteiger partial charge in [0.1, 0.15) is 12.3 Å². The fourth-order valence-electron chi connectivity index (χ4n) is 2.46. The topological polar surface area (TPSA) is 47.4 Å². The molecule has 0 aliphatic carbocycles. The molecule has 0 N–H and O–H groups in total. The van der Waals surface area contributed by atoms with Crippen LogP contribution in [0.4, 0.5) is 5.69 Å². The standard InChI is InChI=1S/C18H17Cl2N3O2S/c1-12(24)25-7-6-22(2)17-9-13(3-4-14(17)19)23-10-16(21-11-23)18-15(20)5-8-26-18/h3-5,8-11H,6-7H2,1-2H3. The molecular formula is C18H17Cl2N3O2S. The van der Waals surface area contributed by atoms with E-state index >= 15 is 0 Å². The Bertz CT molecular complexity index is 923. The fourth-order valence-corrected chi connectivity index (χ4v) is 3.84. The van der Waals surface area contributed by atoms with E-state index in [2.05, 4.69) is 4.98 Å². The van der Waals surface area contributed by atoms with Crippen molar-refractivity contribution in [3.8, 4) is 16.3 Å². The smallest absolute Gasteiger partial charge is 0.302 e. The third-order valence-corrected chi connectivity index (χ3v) is 5.49. The van der Waals surface area contributed by atoms with E-state index in [1.54, 1.807) is 17.7 Å². The molecule has 0 spiro atoms. The first-order valence-corrected chi connectivity index (χ1v) is 9.51. The van der Waals surface area contributed by atoms with Crippen LogP contribution in [0, 0.1) is 0 Å². The molecule has 0 fully saturated rings. The van der Waals surface area contributed by atoms with E-state index in [1.165, 1.54) is 6.92 Å². The second kappa shape index (κ2) is 8.12. The maximum Gasteiger partial charge on any atom is 0.302 e. The first-order chi connectivity index (χ1) is 12.5. The summed E-state index contributed by atoms with van der Waals surface area (Å²) < 4.78 is 6.92. The predicted molar refractivity (Wildman–Crippen MR) is 107 cm³/mol. The van der Waals surface area contributed by atoms with Crippen molar-refractivity contribution >= 4 is 46.2 Å². The largest absolute Gasteiger partial charge is 0.464 e. The summed E-state index contributed by atoms with van der Waals surface area (Å²) in [6.07, 6.45) is 3.68. The van der Waals surface area contributed by atoms with Crippen LogP contribution in [0.5, 0.6) is 0 Å². The summed E-state index contributed by atoms with van der Waals surface area (Å²) in [6, 6.07) is 7.59. The highest BCUT2D eigenvalue weighted by atomic mass is 35.5. The van der Waals surface area contributed by atoms with Gasteiger partial charge in [-0.15, -0.1) is 11.3 Å².